The Labute approximate surface area is 107 Å². The molecule has 17 heavy (non-hydrogen) atoms. The molecule has 1 N–H and O–H groups in total. The van der Waals surface area contributed by atoms with E-state index in [1.165, 1.54) is 11.3 Å². The van der Waals surface area contributed by atoms with Crippen LogP contribution in [0.3, 0.4) is 0 Å². The Morgan fingerprint density at radius 1 is 1.41 bits per heavy atom. The van der Waals surface area contributed by atoms with Gasteiger partial charge in [-0.1, -0.05) is 19.1 Å². The summed E-state index contributed by atoms with van der Waals surface area (Å²) in [6, 6.07) is 8.82. The maximum atomic E-state index is 4.51. The molecule has 0 aliphatic rings. The summed E-state index contributed by atoms with van der Waals surface area (Å²) in [5.41, 5.74) is 3.65. The number of aryl methyl sites for hydroxylation is 2. The summed E-state index contributed by atoms with van der Waals surface area (Å²) in [5, 5.41) is 6.73. The van der Waals surface area contributed by atoms with Crippen LogP contribution in [-0.4, -0.2) is 4.98 Å². The Morgan fingerprint density at radius 2 is 2.24 bits per heavy atom. The van der Waals surface area contributed by atoms with Crippen molar-refractivity contribution < 1.29 is 0 Å². The molecular weight excluding hydrogens is 228 g/mol. The van der Waals surface area contributed by atoms with Crippen LogP contribution in [0, 0.1) is 6.92 Å². The topological polar surface area (TPSA) is 24.9 Å². The molecule has 1 unspecified atom stereocenters. The van der Waals surface area contributed by atoms with Crippen LogP contribution in [0.25, 0.3) is 0 Å². The van der Waals surface area contributed by atoms with Crippen molar-refractivity contribution in [2.45, 2.75) is 33.2 Å². The number of nitrogens with zero attached hydrogens (tertiary/aromatic N) is 1. The van der Waals surface area contributed by atoms with Crippen molar-refractivity contribution in [3.05, 3.63) is 45.9 Å². The Balaban J connectivity index is 2.09. The van der Waals surface area contributed by atoms with E-state index in [4.69, 9.17) is 0 Å². The molecule has 0 radical (unpaired) electrons. The van der Waals surface area contributed by atoms with Crippen LogP contribution in [-0.2, 0) is 6.42 Å². The highest BCUT2D eigenvalue weighted by atomic mass is 32.1. The largest absolute Gasteiger partial charge is 0.377 e. The molecule has 2 nitrogen and oxygen atoms in total. The van der Waals surface area contributed by atoms with Gasteiger partial charge in [0.2, 0.25) is 0 Å². The lowest BCUT2D eigenvalue weighted by atomic mass is 10.1. The van der Waals surface area contributed by atoms with Gasteiger partial charge in [0.25, 0.3) is 0 Å². The molecule has 0 spiro atoms. The number of hydrogen-bond acceptors (Lipinski definition) is 3. The van der Waals surface area contributed by atoms with E-state index < -0.39 is 0 Å². The van der Waals surface area contributed by atoms with Gasteiger partial charge in [-0.25, -0.2) is 4.98 Å². The van der Waals surface area contributed by atoms with Crippen LogP contribution in [0.5, 0.6) is 0 Å². The van der Waals surface area contributed by atoms with Crippen molar-refractivity contribution in [2.24, 2.45) is 0 Å². The highest BCUT2D eigenvalue weighted by Crippen LogP contribution is 2.21. The van der Waals surface area contributed by atoms with Crippen molar-refractivity contribution in [3.63, 3.8) is 0 Å². The van der Waals surface area contributed by atoms with Crippen molar-refractivity contribution in [1.82, 2.24) is 4.98 Å². The van der Waals surface area contributed by atoms with Crippen molar-refractivity contribution in [1.29, 1.82) is 0 Å². The van der Waals surface area contributed by atoms with Crippen LogP contribution in [0.15, 0.2) is 29.6 Å². The second-order valence-corrected chi connectivity index (χ2v) is 5.27. The fraction of sp³-hybridized carbons (Fsp3) is 0.357. The zero-order chi connectivity index (χ0) is 12.3. The number of thiazole rings is 1. The molecule has 1 atom stereocenters. The van der Waals surface area contributed by atoms with Gasteiger partial charge in [-0.15, -0.1) is 11.3 Å². The first-order chi connectivity index (χ1) is 8.19. The van der Waals surface area contributed by atoms with Gasteiger partial charge >= 0.3 is 0 Å². The summed E-state index contributed by atoms with van der Waals surface area (Å²) in [6.07, 6.45) is 1.07. The number of nitrogens with one attached hydrogen (secondary N) is 1. The van der Waals surface area contributed by atoms with Gasteiger partial charge < -0.3 is 5.32 Å². The van der Waals surface area contributed by atoms with Gasteiger partial charge in [-0.2, -0.15) is 0 Å². The van der Waals surface area contributed by atoms with Gasteiger partial charge in [-0.3, -0.25) is 0 Å². The minimum atomic E-state index is 0.257. The lowest BCUT2D eigenvalue weighted by molar-refractivity contribution is 0.845. The Kier molecular flexibility index (Phi) is 3.79. The second kappa shape index (κ2) is 5.32. The van der Waals surface area contributed by atoms with E-state index in [-0.39, 0.29) is 6.04 Å². The monoisotopic (exact) mass is 246 g/mol. The van der Waals surface area contributed by atoms with Gasteiger partial charge in [-0.05, 0) is 38.0 Å². The van der Waals surface area contributed by atoms with E-state index in [1.807, 2.05) is 6.92 Å². The SMILES string of the molecule is CCc1cccc(NC(C)c2csc(C)n2)c1. The summed E-state index contributed by atoms with van der Waals surface area (Å²) in [6.45, 7) is 6.36. The number of aromatic nitrogens is 1. The molecular formula is C14H18N2S. The molecule has 0 saturated carbocycles. The summed E-state index contributed by atoms with van der Waals surface area (Å²) in [5.74, 6) is 0. The zero-order valence-corrected chi connectivity index (χ0v) is 11.3. The molecule has 2 aromatic rings. The van der Waals surface area contributed by atoms with E-state index in [1.54, 1.807) is 11.3 Å². The fourth-order valence-electron chi connectivity index (χ4n) is 1.78. The molecule has 0 bridgehead atoms. The first-order valence-corrected chi connectivity index (χ1v) is 6.84. The third-order valence-electron chi connectivity index (χ3n) is 2.80. The lowest BCUT2D eigenvalue weighted by Gasteiger charge is -2.13. The fourth-order valence-corrected chi connectivity index (χ4v) is 2.49. The number of rotatable bonds is 4. The lowest BCUT2D eigenvalue weighted by Crippen LogP contribution is -2.07. The summed E-state index contributed by atoms with van der Waals surface area (Å²) < 4.78 is 0. The zero-order valence-electron chi connectivity index (χ0n) is 10.5. The molecule has 0 aliphatic carbocycles. The Hall–Kier alpha value is -1.35. The highest BCUT2D eigenvalue weighted by molar-refractivity contribution is 7.09. The minimum absolute atomic E-state index is 0.257. The summed E-state index contributed by atoms with van der Waals surface area (Å²) in [7, 11) is 0. The highest BCUT2D eigenvalue weighted by Gasteiger charge is 2.08. The van der Waals surface area contributed by atoms with Crippen LogP contribution in [0.2, 0.25) is 0 Å². The molecule has 0 saturated heterocycles. The Bertz CT molecular complexity index is 490. The predicted octanol–water partition coefficient (Wildman–Crippen LogP) is 4.19. The van der Waals surface area contributed by atoms with Crippen LogP contribution in [0.1, 0.15) is 36.2 Å². The average Bonchev–Trinajstić information content (AvgIpc) is 2.76. The molecule has 0 amide bonds. The molecule has 1 aromatic carbocycles. The van der Waals surface area contributed by atoms with E-state index in [0.29, 0.717) is 0 Å². The molecule has 1 aromatic heterocycles. The third kappa shape index (κ3) is 3.07. The Morgan fingerprint density at radius 3 is 2.88 bits per heavy atom. The molecule has 0 fully saturated rings. The van der Waals surface area contributed by atoms with E-state index in [9.17, 15) is 0 Å². The quantitative estimate of drug-likeness (QED) is 0.875. The van der Waals surface area contributed by atoms with E-state index in [2.05, 4.69) is 53.8 Å². The van der Waals surface area contributed by atoms with Crippen molar-refractivity contribution in [3.8, 4) is 0 Å². The van der Waals surface area contributed by atoms with Gasteiger partial charge in [0, 0.05) is 11.1 Å². The normalized spacial score (nSPS) is 12.4. The molecule has 3 heteroatoms. The minimum Gasteiger partial charge on any atom is -0.377 e. The summed E-state index contributed by atoms with van der Waals surface area (Å²) in [4.78, 5) is 4.51. The van der Waals surface area contributed by atoms with Crippen LogP contribution >= 0.6 is 11.3 Å². The number of benzene rings is 1. The maximum Gasteiger partial charge on any atom is 0.0898 e. The van der Waals surface area contributed by atoms with Crippen LogP contribution in [0.4, 0.5) is 5.69 Å². The van der Waals surface area contributed by atoms with Gasteiger partial charge in [0.15, 0.2) is 0 Å². The maximum absolute atomic E-state index is 4.51. The first kappa shape index (κ1) is 12.1. The third-order valence-corrected chi connectivity index (χ3v) is 3.59. The van der Waals surface area contributed by atoms with Gasteiger partial charge in [0.05, 0.1) is 16.7 Å². The van der Waals surface area contributed by atoms with Gasteiger partial charge in [0.1, 0.15) is 0 Å². The molecule has 90 valence electrons. The second-order valence-electron chi connectivity index (χ2n) is 4.21. The number of hydrogen-bond donors (Lipinski definition) is 1. The van der Waals surface area contributed by atoms with Crippen LogP contribution < -0.4 is 5.32 Å². The molecule has 1 heterocycles. The van der Waals surface area contributed by atoms with E-state index in [0.717, 1.165) is 17.1 Å². The predicted molar refractivity (Wildman–Crippen MR) is 74.7 cm³/mol. The smallest absolute Gasteiger partial charge is 0.0898 e. The number of anilines is 1. The standard InChI is InChI=1S/C14H18N2S/c1-4-12-6-5-7-13(8-12)15-10(2)14-9-17-11(3)16-14/h5-10,15H,4H2,1-3H3. The van der Waals surface area contributed by atoms with Crippen molar-refractivity contribution >= 4 is 17.0 Å². The summed E-state index contributed by atoms with van der Waals surface area (Å²) >= 11 is 1.70. The molecule has 0 aliphatic heterocycles. The first-order valence-electron chi connectivity index (χ1n) is 5.96. The van der Waals surface area contributed by atoms with Crippen molar-refractivity contribution in [2.75, 3.05) is 5.32 Å². The molecule has 2 rings (SSSR count). The van der Waals surface area contributed by atoms with E-state index >= 15 is 0 Å². The average molecular weight is 246 g/mol.